The molecule has 1 N–H and O–H groups in total. The SMILES string of the molecule is O=C(NC1CCS(=O)CC1)c1cc(Cl)cc(-n2ccc3cc(C(=O)N4CCC(F)(F)CC4)cnc32)c1. The van der Waals surface area contributed by atoms with Crippen LogP contribution < -0.4 is 5.32 Å². The smallest absolute Gasteiger partial charge is 0.255 e. The number of nitrogens with zero attached hydrogens (tertiary/aromatic N) is 3. The third-order valence-electron chi connectivity index (χ3n) is 6.70. The molecular weight excluding hydrogens is 510 g/mol. The van der Waals surface area contributed by atoms with Gasteiger partial charge in [-0.05, 0) is 43.2 Å². The molecule has 190 valence electrons. The Labute approximate surface area is 214 Å². The number of benzene rings is 1. The quantitative estimate of drug-likeness (QED) is 0.544. The van der Waals surface area contributed by atoms with Gasteiger partial charge < -0.3 is 14.8 Å². The number of hydrogen-bond donors (Lipinski definition) is 1. The van der Waals surface area contributed by atoms with Crippen LogP contribution >= 0.6 is 11.6 Å². The van der Waals surface area contributed by atoms with Crippen molar-refractivity contribution >= 4 is 45.2 Å². The summed E-state index contributed by atoms with van der Waals surface area (Å²) in [4.78, 5) is 31.6. The summed E-state index contributed by atoms with van der Waals surface area (Å²) in [6.45, 7) is 0.0217. The summed E-state index contributed by atoms with van der Waals surface area (Å²) in [5.41, 5.74) is 1.95. The first-order valence-corrected chi connectivity index (χ1v) is 13.7. The zero-order valence-electron chi connectivity index (χ0n) is 19.4. The van der Waals surface area contributed by atoms with Crippen molar-refractivity contribution in [1.29, 1.82) is 0 Å². The van der Waals surface area contributed by atoms with E-state index in [0.29, 0.717) is 57.2 Å². The van der Waals surface area contributed by atoms with Gasteiger partial charge >= 0.3 is 0 Å². The van der Waals surface area contributed by atoms with Crippen molar-refractivity contribution in [2.75, 3.05) is 24.6 Å². The van der Waals surface area contributed by atoms with Crippen LogP contribution in [0.3, 0.4) is 0 Å². The molecule has 1 aromatic carbocycles. The summed E-state index contributed by atoms with van der Waals surface area (Å²) in [7, 11) is -0.808. The first-order valence-electron chi connectivity index (χ1n) is 11.8. The van der Waals surface area contributed by atoms with Crippen molar-refractivity contribution in [3.63, 3.8) is 0 Å². The largest absolute Gasteiger partial charge is 0.349 e. The second-order valence-corrected chi connectivity index (χ2v) is 11.4. The Hall–Kier alpha value is -2.85. The van der Waals surface area contributed by atoms with Gasteiger partial charge in [-0.2, -0.15) is 0 Å². The predicted molar refractivity (Wildman–Crippen MR) is 135 cm³/mol. The van der Waals surface area contributed by atoms with Crippen LogP contribution in [0.2, 0.25) is 5.02 Å². The monoisotopic (exact) mass is 534 g/mol. The van der Waals surface area contributed by atoms with Crippen LogP contribution in [0.1, 0.15) is 46.4 Å². The lowest BCUT2D eigenvalue weighted by atomic mass is 10.1. The zero-order valence-corrected chi connectivity index (χ0v) is 21.0. The van der Waals surface area contributed by atoms with Gasteiger partial charge in [-0.3, -0.25) is 13.8 Å². The Kier molecular flexibility index (Phi) is 6.82. The lowest BCUT2D eigenvalue weighted by Crippen LogP contribution is -2.42. The average Bonchev–Trinajstić information content (AvgIpc) is 3.28. The number of pyridine rings is 1. The Morgan fingerprint density at radius 3 is 2.53 bits per heavy atom. The number of amides is 2. The summed E-state index contributed by atoms with van der Waals surface area (Å²) in [5, 5.41) is 4.09. The van der Waals surface area contributed by atoms with Gasteiger partial charge in [-0.1, -0.05) is 11.6 Å². The summed E-state index contributed by atoms with van der Waals surface area (Å²) in [6.07, 6.45) is 3.90. The number of hydrogen-bond acceptors (Lipinski definition) is 4. The number of alkyl halides is 2. The molecular formula is C25H25ClF2N4O3S. The number of carbonyl (C=O) groups is 2. The molecule has 2 saturated heterocycles. The highest BCUT2D eigenvalue weighted by Crippen LogP contribution is 2.29. The van der Waals surface area contributed by atoms with Crippen LogP contribution in [-0.4, -0.2) is 67.0 Å². The van der Waals surface area contributed by atoms with Crippen LogP contribution in [0, 0.1) is 0 Å². The van der Waals surface area contributed by atoms with Crippen LogP contribution in [0.15, 0.2) is 42.7 Å². The maximum Gasteiger partial charge on any atom is 0.255 e. The Bertz CT molecular complexity index is 1340. The molecule has 2 fully saturated rings. The molecule has 4 heterocycles. The molecule has 2 aliphatic rings. The first-order chi connectivity index (χ1) is 17.2. The molecule has 2 aliphatic heterocycles. The van der Waals surface area contributed by atoms with Crippen molar-refractivity contribution in [2.24, 2.45) is 0 Å². The van der Waals surface area contributed by atoms with Gasteiger partial charge in [0.2, 0.25) is 0 Å². The maximum absolute atomic E-state index is 13.5. The van der Waals surface area contributed by atoms with Crippen molar-refractivity contribution in [3.8, 4) is 5.69 Å². The maximum atomic E-state index is 13.5. The van der Waals surface area contributed by atoms with E-state index < -0.39 is 16.7 Å². The van der Waals surface area contributed by atoms with Crippen molar-refractivity contribution < 1.29 is 22.6 Å². The molecule has 2 aromatic heterocycles. The third kappa shape index (κ3) is 5.29. The summed E-state index contributed by atoms with van der Waals surface area (Å²) in [5.74, 6) is -2.12. The third-order valence-corrected chi connectivity index (χ3v) is 8.30. The normalized spacial score (nSPS) is 21.9. The molecule has 0 aliphatic carbocycles. The van der Waals surface area contributed by atoms with Crippen LogP contribution in [0.4, 0.5) is 8.78 Å². The van der Waals surface area contributed by atoms with Crippen LogP contribution in [0.25, 0.3) is 16.7 Å². The molecule has 0 radical (unpaired) electrons. The number of nitrogens with one attached hydrogen (secondary N) is 1. The Balaban J connectivity index is 1.36. The van der Waals surface area contributed by atoms with E-state index in [1.165, 1.54) is 11.1 Å². The molecule has 5 rings (SSSR count). The van der Waals surface area contributed by atoms with E-state index in [1.54, 1.807) is 41.1 Å². The van der Waals surface area contributed by atoms with E-state index in [9.17, 15) is 22.6 Å². The first kappa shape index (κ1) is 24.8. The summed E-state index contributed by atoms with van der Waals surface area (Å²) >= 11 is 6.34. The second-order valence-electron chi connectivity index (χ2n) is 9.26. The predicted octanol–water partition coefficient (Wildman–Crippen LogP) is 4.19. The number of halogens is 3. The van der Waals surface area contributed by atoms with Gasteiger partial charge in [-0.15, -0.1) is 0 Å². The molecule has 0 atom stereocenters. The average molecular weight is 535 g/mol. The summed E-state index contributed by atoms with van der Waals surface area (Å²) < 4.78 is 40.3. The number of likely N-dealkylation sites (tertiary alicyclic amines) is 1. The van der Waals surface area contributed by atoms with E-state index in [2.05, 4.69) is 10.3 Å². The molecule has 7 nitrogen and oxygen atoms in total. The van der Waals surface area contributed by atoms with E-state index in [4.69, 9.17) is 11.6 Å². The highest BCUT2D eigenvalue weighted by molar-refractivity contribution is 7.85. The highest BCUT2D eigenvalue weighted by Gasteiger charge is 2.36. The highest BCUT2D eigenvalue weighted by atomic mass is 35.5. The van der Waals surface area contributed by atoms with E-state index in [-0.39, 0.29) is 43.8 Å². The molecule has 11 heteroatoms. The number of piperidine rings is 1. The lowest BCUT2D eigenvalue weighted by molar-refractivity contribution is -0.0494. The van der Waals surface area contributed by atoms with Crippen LogP contribution in [-0.2, 0) is 10.8 Å². The van der Waals surface area contributed by atoms with Gasteiger partial charge in [0, 0.05) is 88.3 Å². The molecule has 0 bridgehead atoms. The fourth-order valence-corrected chi connectivity index (χ4v) is 6.15. The number of fused-ring (bicyclic) bond motifs is 1. The standard InChI is InChI=1S/C25H25ClF2N4O3S/c26-19-12-17(23(33)30-20-2-9-36(35)10-3-20)13-21(14-19)32-6-1-16-11-18(15-29-22(16)32)24(34)31-7-4-25(27,28)5-8-31/h1,6,11-15,20H,2-5,7-10H2,(H,30,33). The minimum absolute atomic E-state index is 0.0109. The van der Waals surface area contributed by atoms with E-state index >= 15 is 0 Å². The van der Waals surface area contributed by atoms with Gasteiger partial charge in [0.05, 0.1) is 5.56 Å². The van der Waals surface area contributed by atoms with Gasteiger partial charge in [-0.25, -0.2) is 13.8 Å². The molecule has 0 spiro atoms. The van der Waals surface area contributed by atoms with E-state index in [1.807, 2.05) is 0 Å². The molecule has 36 heavy (non-hydrogen) atoms. The Morgan fingerprint density at radius 2 is 1.81 bits per heavy atom. The second kappa shape index (κ2) is 9.89. The minimum atomic E-state index is -2.72. The topological polar surface area (TPSA) is 84.3 Å². The molecule has 0 unspecified atom stereocenters. The van der Waals surface area contributed by atoms with Crippen molar-refractivity contribution in [1.82, 2.24) is 19.8 Å². The summed E-state index contributed by atoms with van der Waals surface area (Å²) in [6, 6.07) is 8.51. The lowest BCUT2D eigenvalue weighted by Gasteiger charge is -2.31. The van der Waals surface area contributed by atoms with Crippen molar-refractivity contribution in [3.05, 3.63) is 58.9 Å². The number of carbonyl (C=O) groups excluding carboxylic acids is 2. The molecule has 0 saturated carbocycles. The van der Waals surface area contributed by atoms with Crippen LogP contribution in [0.5, 0.6) is 0 Å². The zero-order chi connectivity index (χ0) is 25.4. The van der Waals surface area contributed by atoms with Gasteiger partial charge in [0.1, 0.15) is 5.65 Å². The minimum Gasteiger partial charge on any atom is -0.349 e. The molecule has 2 amide bonds. The van der Waals surface area contributed by atoms with Crippen molar-refractivity contribution in [2.45, 2.75) is 37.6 Å². The van der Waals surface area contributed by atoms with E-state index in [0.717, 1.165) is 0 Å². The molecule has 3 aromatic rings. The number of rotatable bonds is 4. The fourth-order valence-electron chi connectivity index (χ4n) is 4.62. The number of aromatic nitrogens is 2. The fraction of sp³-hybridized carbons (Fsp3) is 0.400. The van der Waals surface area contributed by atoms with Gasteiger partial charge in [0.25, 0.3) is 17.7 Å². The van der Waals surface area contributed by atoms with Gasteiger partial charge in [0.15, 0.2) is 0 Å². The Morgan fingerprint density at radius 1 is 1.08 bits per heavy atom.